The van der Waals surface area contributed by atoms with Crippen molar-refractivity contribution in [2.75, 3.05) is 0 Å². The van der Waals surface area contributed by atoms with Gasteiger partial charge in [-0.15, -0.1) is 0 Å². The molecule has 21 heavy (non-hydrogen) atoms. The molecule has 0 aromatic heterocycles. The topological polar surface area (TPSA) is 29.1 Å². The molecule has 1 amide bonds. The van der Waals surface area contributed by atoms with Crippen LogP contribution in [0, 0.1) is 0 Å². The van der Waals surface area contributed by atoms with Crippen molar-refractivity contribution in [2.24, 2.45) is 0 Å². The predicted octanol–water partition coefficient (Wildman–Crippen LogP) is 4.14. The molecule has 0 radical (unpaired) electrons. The van der Waals surface area contributed by atoms with Gasteiger partial charge in [0.1, 0.15) is 0 Å². The lowest BCUT2D eigenvalue weighted by Crippen LogP contribution is -2.40. The molecule has 0 aliphatic carbocycles. The quantitative estimate of drug-likeness (QED) is 0.758. The zero-order valence-electron chi connectivity index (χ0n) is 12.3. The zero-order chi connectivity index (χ0) is 15.0. The van der Waals surface area contributed by atoms with Crippen LogP contribution in [0.15, 0.2) is 66.7 Å². The molecule has 0 saturated carbocycles. The summed E-state index contributed by atoms with van der Waals surface area (Å²) in [5, 5.41) is 3.02. The minimum Gasteiger partial charge on any atom is -0.349 e. The van der Waals surface area contributed by atoms with Crippen LogP contribution in [0.1, 0.15) is 30.9 Å². The molecule has 1 N–H and O–H groups in total. The molecule has 0 saturated heterocycles. The SMILES string of the molecule is CCC(CC=Cc1ccccc1)(NC=O)c1ccccc1. The molecular weight excluding hydrogens is 258 g/mol. The summed E-state index contributed by atoms with van der Waals surface area (Å²) in [5.74, 6) is 0. The molecule has 2 aromatic carbocycles. The van der Waals surface area contributed by atoms with Gasteiger partial charge in [-0.25, -0.2) is 0 Å². The van der Waals surface area contributed by atoms with E-state index in [-0.39, 0.29) is 5.54 Å². The summed E-state index contributed by atoms with van der Waals surface area (Å²) in [6, 6.07) is 20.3. The summed E-state index contributed by atoms with van der Waals surface area (Å²) in [7, 11) is 0. The number of rotatable bonds is 7. The van der Waals surface area contributed by atoms with Crippen LogP contribution in [0.4, 0.5) is 0 Å². The van der Waals surface area contributed by atoms with Crippen LogP contribution < -0.4 is 5.32 Å². The first kappa shape index (κ1) is 15.0. The fourth-order valence-corrected chi connectivity index (χ4v) is 2.54. The average molecular weight is 279 g/mol. The molecule has 0 fully saturated rings. The second-order valence-electron chi connectivity index (χ2n) is 5.08. The fraction of sp³-hybridized carbons (Fsp3) is 0.211. The predicted molar refractivity (Wildman–Crippen MR) is 87.7 cm³/mol. The van der Waals surface area contributed by atoms with Crippen LogP contribution in [0.25, 0.3) is 6.08 Å². The minimum atomic E-state index is -0.339. The Kier molecular flexibility index (Phi) is 5.33. The van der Waals surface area contributed by atoms with Crippen LogP contribution in [0.2, 0.25) is 0 Å². The number of carbonyl (C=O) groups is 1. The third kappa shape index (κ3) is 3.82. The molecule has 0 heterocycles. The van der Waals surface area contributed by atoms with Crippen molar-refractivity contribution >= 4 is 12.5 Å². The number of carbonyl (C=O) groups excluding carboxylic acids is 1. The molecule has 2 aromatic rings. The molecule has 0 bridgehead atoms. The van der Waals surface area contributed by atoms with E-state index in [0.29, 0.717) is 0 Å². The zero-order valence-corrected chi connectivity index (χ0v) is 12.3. The summed E-state index contributed by atoms with van der Waals surface area (Å²) >= 11 is 0. The van der Waals surface area contributed by atoms with Crippen molar-refractivity contribution in [2.45, 2.75) is 25.3 Å². The smallest absolute Gasteiger partial charge is 0.207 e. The Morgan fingerprint density at radius 1 is 1.00 bits per heavy atom. The van der Waals surface area contributed by atoms with E-state index in [9.17, 15) is 4.79 Å². The normalized spacial score (nSPS) is 13.8. The number of hydrogen-bond acceptors (Lipinski definition) is 1. The van der Waals surface area contributed by atoms with Crippen molar-refractivity contribution < 1.29 is 4.79 Å². The van der Waals surface area contributed by atoms with Gasteiger partial charge in [-0.1, -0.05) is 79.7 Å². The van der Waals surface area contributed by atoms with Gasteiger partial charge in [0.15, 0.2) is 0 Å². The third-order valence-corrected chi connectivity index (χ3v) is 3.84. The van der Waals surface area contributed by atoms with Crippen LogP contribution in [-0.2, 0) is 10.3 Å². The van der Waals surface area contributed by atoms with Gasteiger partial charge < -0.3 is 5.32 Å². The third-order valence-electron chi connectivity index (χ3n) is 3.84. The lowest BCUT2D eigenvalue weighted by molar-refractivity contribution is -0.111. The molecular formula is C19H21NO. The first-order valence-corrected chi connectivity index (χ1v) is 7.29. The molecule has 1 atom stereocenters. The summed E-state index contributed by atoms with van der Waals surface area (Å²) < 4.78 is 0. The van der Waals surface area contributed by atoms with Crippen molar-refractivity contribution in [1.29, 1.82) is 0 Å². The molecule has 1 unspecified atom stereocenters. The first-order chi connectivity index (χ1) is 10.3. The molecule has 2 rings (SSSR count). The fourth-order valence-electron chi connectivity index (χ4n) is 2.54. The highest BCUT2D eigenvalue weighted by Gasteiger charge is 2.27. The van der Waals surface area contributed by atoms with Crippen LogP contribution in [-0.4, -0.2) is 6.41 Å². The largest absolute Gasteiger partial charge is 0.349 e. The molecule has 0 aliphatic heterocycles. The Balaban J connectivity index is 2.21. The van der Waals surface area contributed by atoms with E-state index in [0.717, 1.165) is 24.8 Å². The highest BCUT2D eigenvalue weighted by atomic mass is 16.1. The van der Waals surface area contributed by atoms with Gasteiger partial charge in [0.25, 0.3) is 0 Å². The Hall–Kier alpha value is -2.35. The van der Waals surface area contributed by atoms with Gasteiger partial charge in [-0.05, 0) is 24.0 Å². The summed E-state index contributed by atoms with van der Waals surface area (Å²) in [5.41, 5.74) is 1.97. The van der Waals surface area contributed by atoms with Crippen molar-refractivity contribution in [3.05, 3.63) is 77.9 Å². The Morgan fingerprint density at radius 3 is 2.19 bits per heavy atom. The maximum absolute atomic E-state index is 11.1. The molecule has 2 heteroatoms. The lowest BCUT2D eigenvalue weighted by atomic mass is 9.84. The molecule has 0 spiro atoms. The van der Waals surface area contributed by atoms with Gasteiger partial charge in [-0.2, -0.15) is 0 Å². The van der Waals surface area contributed by atoms with E-state index < -0.39 is 0 Å². The summed E-state index contributed by atoms with van der Waals surface area (Å²) in [6.07, 6.45) is 6.63. The van der Waals surface area contributed by atoms with Crippen LogP contribution in [0.5, 0.6) is 0 Å². The van der Waals surface area contributed by atoms with Crippen LogP contribution >= 0.6 is 0 Å². The Bertz CT molecular complexity index is 577. The highest BCUT2D eigenvalue weighted by molar-refractivity contribution is 5.52. The van der Waals surface area contributed by atoms with Gasteiger partial charge in [0, 0.05) is 0 Å². The van der Waals surface area contributed by atoms with E-state index in [1.807, 2.05) is 36.4 Å². The van der Waals surface area contributed by atoms with E-state index in [4.69, 9.17) is 0 Å². The van der Waals surface area contributed by atoms with E-state index in [2.05, 4.69) is 48.7 Å². The van der Waals surface area contributed by atoms with Crippen molar-refractivity contribution in [3.63, 3.8) is 0 Å². The molecule has 108 valence electrons. The van der Waals surface area contributed by atoms with Gasteiger partial charge in [0.2, 0.25) is 6.41 Å². The maximum atomic E-state index is 11.1. The Morgan fingerprint density at radius 2 is 1.62 bits per heavy atom. The second-order valence-corrected chi connectivity index (χ2v) is 5.08. The van der Waals surface area contributed by atoms with Crippen molar-refractivity contribution in [1.82, 2.24) is 5.32 Å². The van der Waals surface area contributed by atoms with Gasteiger partial charge in [0.05, 0.1) is 5.54 Å². The summed E-state index contributed by atoms with van der Waals surface area (Å²) in [6.45, 7) is 2.10. The number of benzene rings is 2. The van der Waals surface area contributed by atoms with Crippen molar-refractivity contribution in [3.8, 4) is 0 Å². The first-order valence-electron chi connectivity index (χ1n) is 7.29. The molecule has 0 aliphatic rings. The summed E-state index contributed by atoms with van der Waals surface area (Å²) in [4.78, 5) is 11.1. The van der Waals surface area contributed by atoms with Crippen LogP contribution in [0.3, 0.4) is 0 Å². The number of amides is 1. The van der Waals surface area contributed by atoms with Gasteiger partial charge >= 0.3 is 0 Å². The van der Waals surface area contributed by atoms with E-state index in [1.54, 1.807) is 0 Å². The maximum Gasteiger partial charge on any atom is 0.207 e. The van der Waals surface area contributed by atoms with E-state index in [1.165, 1.54) is 5.56 Å². The Labute approximate surface area is 126 Å². The minimum absolute atomic E-state index is 0.339. The monoisotopic (exact) mass is 279 g/mol. The molecule has 2 nitrogen and oxygen atoms in total. The van der Waals surface area contributed by atoms with Gasteiger partial charge in [-0.3, -0.25) is 4.79 Å². The average Bonchev–Trinajstić information content (AvgIpc) is 2.56. The number of hydrogen-bond donors (Lipinski definition) is 1. The standard InChI is InChI=1S/C19H21NO/c1-2-19(20-16-21,18-13-7-4-8-14-18)15-9-12-17-10-5-3-6-11-17/h3-14,16H,2,15H2,1H3,(H,20,21). The van der Waals surface area contributed by atoms with E-state index >= 15 is 0 Å². The second kappa shape index (κ2) is 7.44. The number of nitrogens with one attached hydrogen (secondary N) is 1. The highest BCUT2D eigenvalue weighted by Crippen LogP contribution is 2.29. The lowest BCUT2D eigenvalue weighted by Gasteiger charge is -2.32.